The van der Waals surface area contributed by atoms with Crippen molar-refractivity contribution in [2.75, 3.05) is 0 Å². The molecule has 0 radical (unpaired) electrons. The molecule has 2 nitrogen and oxygen atoms in total. The van der Waals surface area contributed by atoms with Crippen LogP contribution in [-0.2, 0) is 6.54 Å². The highest BCUT2D eigenvalue weighted by Crippen LogP contribution is 2.25. The first-order valence-corrected chi connectivity index (χ1v) is 6.56. The van der Waals surface area contributed by atoms with E-state index < -0.39 is 0 Å². The van der Waals surface area contributed by atoms with Crippen LogP contribution in [-0.4, -0.2) is 17.0 Å². The largest absolute Gasteiger partial charge is 0.294 e. The molecule has 1 aliphatic rings. The zero-order chi connectivity index (χ0) is 13.1. The summed E-state index contributed by atoms with van der Waals surface area (Å²) in [4.78, 5) is 2.34. The molecule has 2 atom stereocenters. The van der Waals surface area contributed by atoms with Crippen molar-refractivity contribution in [1.82, 2.24) is 4.90 Å². The Hall–Kier alpha value is -1.40. The lowest BCUT2D eigenvalue weighted by molar-refractivity contribution is 0.0940. The lowest BCUT2D eigenvalue weighted by Gasteiger charge is -2.39. The highest BCUT2D eigenvalue weighted by molar-refractivity contribution is 5.33. The minimum Gasteiger partial charge on any atom is -0.294 e. The number of benzene rings is 1. The van der Waals surface area contributed by atoms with Gasteiger partial charge in [0, 0.05) is 24.2 Å². The highest BCUT2D eigenvalue weighted by Gasteiger charge is 2.25. The monoisotopic (exact) mass is 246 g/mol. The van der Waals surface area contributed by atoms with E-state index in [9.17, 15) is 4.39 Å². The fourth-order valence-corrected chi connectivity index (χ4v) is 2.75. The van der Waals surface area contributed by atoms with Gasteiger partial charge in [-0.1, -0.05) is 6.42 Å². The number of likely N-dealkylation sites (tertiary alicyclic amines) is 1. The van der Waals surface area contributed by atoms with Crippen LogP contribution < -0.4 is 0 Å². The summed E-state index contributed by atoms with van der Waals surface area (Å²) in [6.07, 6.45) is 3.59. The van der Waals surface area contributed by atoms with Crippen LogP contribution in [0.5, 0.6) is 0 Å². The second-order valence-electron chi connectivity index (χ2n) is 5.22. The van der Waals surface area contributed by atoms with Crippen LogP contribution in [0.4, 0.5) is 4.39 Å². The lowest BCUT2D eigenvalue weighted by Crippen LogP contribution is -2.43. The Morgan fingerprint density at radius 2 is 2.00 bits per heavy atom. The van der Waals surface area contributed by atoms with Crippen molar-refractivity contribution in [2.24, 2.45) is 0 Å². The Kier molecular flexibility index (Phi) is 3.98. The van der Waals surface area contributed by atoms with E-state index in [4.69, 9.17) is 5.26 Å². The van der Waals surface area contributed by atoms with Crippen LogP contribution in [0.2, 0.25) is 0 Å². The number of halogens is 1. The molecule has 0 amide bonds. The molecule has 1 saturated heterocycles. The quantitative estimate of drug-likeness (QED) is 0.799. The van der Waals surface area contributed by atoms with E-state index in [1.165, 1.54) is 31.4 Å². The summed E-state index contributed by atoms with van der Waals surface area (Å²) in [5.74, 6) is -0.209. The van der Waals surface area contributed by atoms with E-state index in [0.29, 0.717) is 29.8 Å². The summed E-state index contributed by atoms with van der Waals surface area (Å²) in [6, 6.07) is 7.63. The fourth-order valence-electron chi connectivity index (χ4n) is 2.75. The average molecular weight is 246 g/mol. The van der Waals surface area contributed by atoms with Gasteiger partial charge in [0.15, 0.2) is 0 Å². The fraction of sp³-hybridized carbons (Fsp3) is 0.533. The van der Waals surface area contributed by atoms with E-state index >= 15 is 0 Å². The summed E-state index contributed by atoms with van der Waals surface area (Å²) >= 11 is 0. The van der Waals surface area contributed by atoms with Gasteiger partial charge in [-0.25, -0.2) is 4.39 Å². The molecule has 0 N–H and O–H groups in total. The molecule has 0 unspecified atom stereocenters. The predicted octanol–water partition coefficient (Wildman–Crippen LogP) is 3.46. The van der Waals surface area contributed by atoms with Gasteiger partial charge in [0.2, 0.25) is 0 Å². The maximum Gasteiger partial charge on any atom is 0.127 e. The maximum absolute atomic E-state index is 13.8. The summed E-state index contributed by atoms with van der Waals surface area (Å²) in [6.45, 7) is 4.99. The van der Waals surface area contributed by atoms with Gasteiger partial charge < -0.3 is 0 Å². The van der Waals surface area contributed by atoms with Crippen molar-refractivity contribution in [3.8, 4) is 6.07 Å². The molecule has 1 aliphatic heterocycles. The summed E-state index contributed by atoms with van der Waals surface area (Å²) < 4.78 is 13.8. The van der Waals surface area contributed by atoms with Crippen molar-refractivity contribution in [3.63, 3.8) is 0 Å². The van der Waals surface area contributed by atoms with Gasteiger partial charge in [-0.2, -0.15) is 5.26 Å². The van der Waals surface area contributed by atoms with Gasteiger partial charge in [-0.3, -0.25) is 4.90 Å². The SMILES string of the molecule is C[C@@H]1CCC[C@H](C)N1Cc1cc(C#N)ccc1F. The molecule has 0 aliphatic carbocycles. The molecule has 1 heterocycles. The Bertz CT molecular complexity index is 454. The number of nitrogens with zero attached hydrogens (tertiary/aromatic N) is 2. The molecule has 0 bridgehead atoms. The molecular formula is C15H19FN2. The third kappa shape index (κ3) is 2.70. The van der Waals surface area contributed by atoms with Crippen molar-refractivity contribution < 1.29 is 4.39 Å². The molecule has 1 aromatic rings. The van der Waals surface area contributed by atoms with Gasteiger partial charge >= 0.3 is 0 Å². The number of piperidine rings is 1. The van der Waals surface area contributed by atoms with E-state index in [2.05, 4.69) is 24.8 Å². The van der Waals surface area contributed by atoms with Gasteiger partial charge in [-0.15, -0.1) is 0 Å². The number of hydrogen-bond acceptors (Lipinski definition) is 2. The molecule has 96 valence electrons. The first kappa shape index (κ1) is 13.0. The van der Waals surface area contributed by atoms with Gasteiger partial charge in [0.1, 0.15) is 5.82 Å². The van der Waals surface area contributed by atoms with E-state index in [1.54, 1.807) is 6.07 Å². The molecule has 0 aromatic heterocycles. The first-order chi connectivity index (χ1) is 8.61. The van der Waals surface area contributed by atoms with Crippen LogP contribution in [0.3, 0.4) is 0 Å². The maximum atomic E-state index is 13.8. The van der Waals surface area contributed by atoms with Crippen LogP contribution >= 0.6 is 0 Å². The van der Waals surface area contributed by atoms with Gasteiger partial charge in [0.05, 0.1) is 11.6 Å². The first-order valence-electron chi connectivity index (χ1n) is 6.56. The van der Waals surface area contributed by atoms with Gasteiger partial charge in [0.25, 0.3) is 0 Å². The summed E-state index contributed by atoms with van der Waals surface area (Å²) in [5, 5.41) is 8.88. The molecule has 1 aromatic carbocycles. The highest BCUT2D eigenvalue weighted by atomic mass is 19.1. The van der Waals surface area contributed by atoms with Crippen molar-refractivity contribution in [2.45, 2.75) is 51.7 Å². The Morgan fingerprint density at radius 3 is 2.61 bits per heavy atom. The number of hydrogen-bond donors (Lipinski definition) is 0. The van der Waals surface area contributed by atoms with Crippen molar-refractivity contribution in [3.05, 3.63) is 35.1 Å². The van der Waals surface area contributed by atoms with Crippen LogP contribution in [0.15, 0.2) is 18.2 Å². The molecular weight excluding hydrogens is 227 g/mol. The summed E-state index contributed by atoms with van der Waals surface area (Å²) in [7, 11) is 0. The molecule has 0 spiro atoms. The Balaban J connectivity index is 2.20. The van der Waals surface area contributed by atoms with E-state index in [1.807, 2.05) is 0 Å². The van der Waals surface area contributed by atoms with Crippen LogP contribution in [0, 0.1) is 17.1 Å². The topological polar surface area (TPSA) is 27.0 Å². The minimum absolute atomic E-state index is 0.209. The lowest BCUT2D eigenvalue weighted by atomic mass is 9.96. The summed E-state index contributed by atoms with van der Waals surface area (Å²) in [5.41, 5.74) is 1.17. The Labute approximate surface area is 108 Å². The van der Waals surface area contributed by atoms with Crippen molar-refractivity contribution >= 4 is 0 Å². The third-order valence-electron chi connectivity index (χ3n) is 3.90. The molecule has 1 fully saturated rings. The van der Waals surface area contributed by atoms with Crippen molar-refractivity contribution in [1.29, 1.82) is 5.26 Å². The van der Waals surface area contributed by atoms with Crippen LogP contribution in [0.25, 0.3) is 0 Å². The molecule has 18 heavy (non-hydrogen) atoms. The minimum atomic E-state index is -0.209. The predicted molar refractivity (Wildman–Crippen MR) is 69.4 cm³/mol. The third-order valence-corrected chi connectivity index (χ3v) is 3.90. The number of rotatable bonds is 2. The second kappa shape index (κ2) is 5.49. The average Bonchev–Trinajstić information content (AvgIpc) is 2.36. The van der Waals surface area contributed by atoms with E-state index in [0.717, 1.165) is 0 Å². The number of nitriles is 1. The zero-order valence-corrected chi connectivity index (χ0v) is 11.0. The molecule has 0 saturated carbocycles. The normalized spacial score (nSPS) is 24.8. The van der Waals surface area contributed by atoms with Gasteiger partial charge in [-0.05, 0) is 44.9 Å². The molecule has 3 heteroatoms. The second-order valence-corrected chi connectivity index (χ2v) is 5.22. The Morgan fingerprint density at radius 1 is 1.33 bits per heavy atom. The van der Waals surface area contributed by atoms with E-state index in [-0.39, 0.29) is 5.82 Å². The van der Waals surface area contributed by atoms with Crippen LogP contribution in [0.1, 0.15) is 44.2 Å². The smallest absolute Gasteiger partial charge is 0.127 e. The molecule has 2 rings (SSSR count). The standard InChI is InChI=1S/C15H19FN2/c1-11-4-3-5-12(2)18(11)10-14-8-13(9-17)6-7-15(14)16/h6-8,11-12H,3-5,10H2,1-2H3/t11-,12+. The zero-order valence-electron chi connectivity index (χ0n) is 11.0.